The first-order chi connectivity index (χ1) is 12.5. The third-order valence-corrected chi connectivity index (χ3v) is 6.00. The summed E-state index contributed by atoms with van der Waals surface area (Å²) in [5.41, 5.74) is 3.43. The number of nitrogens with zero attached hydrogens (tertiary/aromatic N) is 2. The fourth-order valence-corrected chi connectivity index (χ4v) is 4.88. The molecule has 2 aromatic rings. The number of halogens is 1. The van der Waals surface area contributed by atoms with Gasteiger partial charge < -0.3 is 15.1 Å². The first kappa shape index (κ1) is 18.9. The van der Waals surface area contributed by atoms with Crippen LogP contribution in [-0.4, -0.2) is 40.9 Å². The van der Waals surface area contributed by atoms with Gasteiger partial charge in [0.15, 0.2) is 0 Å². The van der Waals surface area contributed by atoms with Gasteiger partial charge in [-0.25, -0.2) is 0 Å². The maximum Gasteiger partial charge on any atom is 0.290 e. The van der Waals surface area contributed by atoms with Gasteiger partial charge in [0.05, 0.1) is 11.6 Å². The molecule has 2 N–H and O–H groups in total. The van der Waals surface area contributed by atoms with Crippen molar-refractivity contribution in [3.8, 4) is 0 Å². The average Bonchev–Trinajstić information content (AvgIpc) is 2.95. The number of pyridine rings is 1. The van der Waals surface area contributed by atoms with Crippen LogP contribution in [0.4, 0.5) is 5.69 Å². The van der Waals surface area contributed by atoms with Crippen LogP contribution in [0.2, 0.25) is 5.02 Å². The standard InChI is InChI=1S/C19H23ClN2O.CH2O2/c1-13-10-14(20)11-15-16(5-8-21-18(13)15)22-9-3-7-19(12-22)6-2-4-17(19)23;2-1-3/h5,8,10-11,17,23H,2-4,6-7,9,12H2,1H3;1H,(H,2,3)/t17-,19-;/m1./s1. The molecule has 2 heterocycles. The van der Waals surface area contributed by atoms with E-state index in [-0.39, 0.29) is 18.0 Å². The Morgan fingerprint density at radius 3 is 2.77 bits per heavy atom. The number of aliphatic hydroxyl groups is 1. The minimum atomic E-state index is -0.250. The van der Waals surface area contributed by atoms with Crippen molar-refractivity contribution in [2.45, 2.75) is 45.1 Å². The Morgan fingerprint density at radius 1 is 1.35 bits per heavy atom. The van der Waals surface area contributed by atoms with Crippen LogP contribution < -0.4 is 4.90 Å². The van der Waals surface area contributed by atoms with Crippen molar-refractivity contribution in [1.82, 2.24) is 4.98 Å². The van der Waals surface area contributed by atoms with Crippen LogP contribution in [-0.2, 0) is 4.79 Å². The highest BCUT2D eigenvalue weighted by Crippen LogP contribution is 2.46. The zero-order chi connectivity index (χ0) is 18.7. The van der Waals surface area contributed by atoms with Gasteiger partial charge in [-0.1, -0.05) is 18.0 Å². The van der Waals surface area contributed by atoms with E-state index in [1.54, 1.807) is 0 Å². The number of aliphatic hydroxyl groups excluding tert-OH is 1. The third kappa shape index (κ3) is 3.51. The summed E-state index contributed by atoms with van der Waals surface area (Å²) in [6, 6.07) is 6.09. The minimum absolute atomic E-state index is 0.0848. The van der Waals surface area contributed by atoms with Crippen LogP contribution in [0, 0.1) is 12.3 Å². The molecule has 0 radical (unpaired) electrons. The molecule has 6 heteroatoms. The lowest BCUT2D eigenvalue weighted by Crippen LogP contribution is -2.47. The lowest BCUT2D eigenvalue weighted by atomic mass is 9.76. The van der Waals surface area contributed by atoms with Crippen molar-refractivity contribution in [2.75, 3.05) is 18.0 Å². The average molecular weight is 377 g/mol. The zero-order valence-corrected chi connectivity index (χ0v) is 15.7. The van der Waals surface area contributed by atoms with Crippen LogP contribution >= 0.6 is 11.6 Å². The Morgan fingerprint density at radius 2 is 2.08 bits per heavy atom. The van der Waals surface area contributed by atoms with Crippen LogP contribution in [0.25, 0.3) is 10.9 Å². The fraction of sp³-hybridized carbons (Fsp3) is 0.500. The van der Waals surface area contributed by atoms with E-state index in [9.17, 15) is 5.11 Å². The quantitative estimate of drug-likeness (QED) is 0.735. The molecule has 2 atom stereocenters. The minimum Gasteiger partial charge on any atom is -0.483 e. The number of hydrogen-bond acceptors (Lipinski definition) is 4. The summed E-state index contributed by atoms with van der Waals surface area (Å²) in [7, 11) is 0. The molecular weight excluding hydrogens is 352 g/mol. The summed E-state index contributed by atoms with van der Waals surface area (Å²) < 4.78 is 0. The molecule has 140 valence electrons. The number of carboxylic acid groups (broad SMARTS) is 1. The van der Waals surface area contributed by atoms with Gasteiger partial charge in [-0.15, -0.1) is 0 Å². The first-order valence-corrected chi connectivity index (χ1v) is 9.44. The van der Waals surface area contributed by atoms with Crippen molar-refractivity contribution < 1.29 is 15.0 Å². The highest BCUT2D eigenvalue weighted by Gasteiger charge is 2.44. The molecule has 0 bridgehead atoms. The lowest BCUT2D eigenvalue weighted by Gasteiger charge is -2.44. The van der Waals surface area contributed by atoms with Crippen molar-refractivity contribution in [3.63, 3.8) is 0 Å². The molecule has 26 heavy (non-hydrogen) atoms. The number of benzene rings is 1. The van der Waals surface area contributed by atoms with Crippen molar-refractivity contribution in [1.29, 1.82) is 0 Å². The summed E-state index contributed by atoms with van der Waals surface area (Å²) in [6.07, 6.45) is 7.28. The summed E-state index contributed by atoms with van der Waals surface area (Å²) >= 11 is 6.29. The van der Waals surface area contributed by atoms with Gasteiger partial charge in [0.1, 0.15) is 0 Å². The van der Waals surface area contributed by atoms with E-state index in [0.717, 1.165) is 66.7 Å². The Labute approximate surface area is 158 Å². The number of fused-ring (bicyclic) bond motifs is 1. The van der Waals surface area contributed by atoms with E-state index in [1.165, 1.54) is 5.69 Å². The second kappa shape index (κ2) is 7.80. The molecule has 2 aliphatic rings. The fourth-order valence-electron chi connectivity index (χ4n) is 4.61. The van der Waals surface area contributed by atoms with Crippen LogP contribution in [0.5, 0.6) is 0 Å². The molecule has 1 spiro atoms. The molecule has 1 aromatic carbocycles. The third-order valence-electron chi connectivity index (χ3n) is 5.79. The normalized spacial score (nSPS) is 25.2. The second-order valence-corrected chi connectivity index (χ2v) is 7.79. The number of piperidine rings is 1. The Balaban J connectivity index is 0.000000613. The molecular formula is C20H25ClN2O3. The number of anilines is 1. The second-order valence-electron chi connectivity index (χ2n) is 7.35. The molecule has 1 aliphatic carbocycles. The van der Waals surface area contributed by atoms with E-state index in [0.29, 0.717) is 0 Å². The largest absolute Gasteiger partial charge is 0.483 e. The van der Waals surface area contributed by atoms with Crippen LogP contribution in [0.15, 0.2) is 24.4 Å². The van der Waals surface area contributed by atoms with Crippen LogP contribution in [0.3, 0.4) is 0 Å². The van der Waals surface area contributed by atoms with E-state index >= 15 is 0 Å². The van der Waals surface area contributed by atoms with E-state index < -0.39 is 0 Å². The van der Waals surface area contributed by atoms with Gasteiger partial charge >= 0.3 is 0 Å². The van der Waals surface area contributed by atoms with Gasteiger partial charge in [0, 0.05) is 40.8 Å². The van der Waals surface area contributed by atoms with Gasteiger partial charge in [0.25, 0.3) is 6.47 Å². The highest BCUT2D eigenvalue weighted by atomic mass is 35.5. The summed E-state index contributed by atoms with van der Waals surface area (Å²) in [5.74, 6) is 0. The maximum atomic E-state index is 10.5. The Kier molecular flexibility index (Phi) is 5.68. The van der Waals surface area contributed by atoms with E-state index in [4.69, 9.17) is 21.5 Å². The number of aryl methyl sites for hydroxylation is 1. The van der Waals surface area contributed by atoms with Crippen molar-refractivity contribution in [3.05, 3.63) is 35.0 Å². The highest BCUT2D eigenvalue weighted by molar-refractivity contribution is 6.31. The summed E-state index contributed by atoms with van der Waals surface area (Å²) in [6.45, 7) is 3.79. The Hall–Kier alpha value is -1.85. The SMILES string of the molecule is Cc1cc(Cl)cc2c(N3CCC[C@]4(CCC[C@H]4O)C3)ccnc12.O=CO. The molecule has 1 aromatic heterocycles. The molecule has 1 saturated heterocycles. The molecule has 0 amide bonds. The maximum absolute atomic E-state index is 10.5. The predicted molar refractivity (Wildman–Crippen MR) is 104 cm³/mol. The molecule has 0 unspecified atom stereocenters. The topological polar surface area (TPSA) is 73.7 Å². The molecule has 1 aliphatic heterocycles. The van der Waals surface area contributed by atoms with Crippen LogP contribution in [0.1, 0.15) is 37.7 Å². The smallest absolute Gasteiger partial charge is 0.290 e. The predicted octanol–water partition coefficient (Wildman–Crippen LogP) is 4.03. The Bertz CT molecular complexity index is 798. The van der Waals surface area contributed by atoms with Crippen molar-refractivity contribution in [2.24, 2.45) is 5.41 Å². The molecule has 4 rings (SSSR count). The van der Waals surface area contributed by atoms with Gasteiger partial charge in [0.2, 0.25) is 0 Å². The van der Waals surface area contributed by atoms with Gasteiger partial charge in [-0.05, 0) is 56.4 Å². The summed E-state index contributed by atoms with van der Waals surface area (Å²) in [4.78, 5) is 15.4. The van der Waals surface area contributed by atoms with Gasteiger partial charge in [-0.3, -0.25) is 9.78 Å². The molecule has 2 fully saturated rings. The van der Waals surface area contributed by atoms with E-state index in [2.05, 4.69) is 22.9 Å². The number of hydrogen-bond donors (Lipinski definition) is 2. The zero-order valence-electron chi connectivity index (χ0n) is 15.0. The number of aromatic nitrogens is 1. The molecule has 5 nitrogen and oxygen atoms in total. The monoisotopic (exact) mass is 376 g/mol. The lowest BCUT2D eigenvalue weighted by molar-refractivity contribution is -0.122. The number of carbonyl (C=O) groups is 1. The van der Waals surface area contributed by atoms with Crippen molar-refractivity contribution >= 4 is 34.7 Å². The first-order valence-electron chi connectivity index (χ1n) is 9.06. The number of rotatable bonds is 1. The molecule has 1 saturated carbocycles. The van der Waals surface area contributed by atoms with Gasteiger partial charge in [-0.2, -0.15) is 0 Å². The van der Waals surface area contributed by atoms with E-state index in [1.807, 2.05) is 18.3 Å². The summed E-state index contributed by atoms with van der Waals surface area (Å²) in [5, 5.41) is 19.3.